The van der Waals surface area contributed by atoms with E-state index >= 15 is 0 Å². The van der Waals surface area contributed by atoms with Crippen LogP contribution in [0.4, 0.5) is 0 Å². The molecule has 0 N–H and O–H groups in total. The highest BCUT2D eigenvalue weighted by atomic mass is 31.0. The van der Waals surface area contributed by atoms with Crippen LogP contribution in [-0.2, 0) is 0 Å². The maximum Gasteiger partial charge on any atom is 0.00965 e. The minimum atomic E-state index is 1.33. The fourth-order valence-electron chi connectivity index (χ4n) is 2.08. The first-order chi connectivity index (χ1) is 7.72. The van der Waals surface area contributed by atoms with E-state index in [0.717, 1.165) is 0 Å². The Morgan fingerprint density at radius 2 is 1.19 bits per heavy atom. The summed E-state index contributed by atoms with van der Waals surface area (Å²) in [4.78, 5) is 0. The van der Waals surface area contributed by atoms with Crippen molar-refractivity contribution in [1.29, 1.82) is 0 Å². The average Bonchev–Trinajstić information content (AvgIpc) is 2.26. The van der Waals surface area contributed by atoms with E-state index in [-0.39, 0.29) is 0 Å². The molecule has 0 nitrogen and oxygen atoms in total. The Labute approximate surface area is 97.0 Å². The van der Waals surface area contributed by atoms with E-state index in [9.17, 15) is 0 Å². The Balaban J connectivity index is 2.44. The standard InChI is InChI=1S/C15H13P/c1-10-3-5-14-12(7-10)9-13-8-11(2)4-6-15(13)16-14/h3-9H,1-2H3. The van der Waals surface area contributed by atoms with Crippen molar-refractivity contribution in [2.24, 2.45) is 0 Å². The van der Waals surface area contributed by atoms with Gasteiger partial charge in [-0.25, -0.2) is 0 Å². The van der Waals surface area contributed by atoms with Gasteiger partial charge in [0.1, 0.15) is 0 Å². The van der Waals surface area contributed by atoms with Gasteiger partial charge < -0.3 is 0 Å². The van der Waals surface area contributed by atoms with Crippen LogP contribution < -0.4 is 0 Å². The molecule has 0 saturated carbocycles. The minimum absolute atomic E-state index is 1.33. The first-order valence-electron chi connectivity index (χ1n) is 5.50. The molecule has 3 aromatic rings. The summed E-state index contributed by atoms with van der Waals surface area (Å²) >= 11 is 0. The fourth-order valence-corrected chi connectivity index (χ4v) is 3.15. The largest absolute Gasteiger partial charge is 0.0592 e. The number of hydrogen-bond acceptors (Lipinski definition) is 0. The summed E-state index contributed by atoms with van der Waals surface area (Å²) in [5.74, 6) is 0. The van der Waals surface area contributed by atoms with Crippen LogP contribution in [0, 0.1) is 13.8 Å². The highest BCUT2D eigenvalue weighted by Crippen LogP contribution is 2.33. The number of rotatable bonds is 0. The first-order valence-corrected chi connectivity index (χ1v) is 6.40. The molecular formula is C15H13P. The highest BCUT2D eigenvalue weighted by molar-refractivity contribution is 7.43. The van der Waals surface area contributed by atoms with Crippen molar-refractivity contribution >= 4 is 29.2 Å². The van der Waals surface area contributed by atoms with Crippen molar-refractivity contribution in [3.05, 3.63) is 53.6 Å². The van der Waals surface area contributed by atoms with E-state index in [1.54, 1.807) is 0 Å². The monoisotopic (exact) mass is 224 g/mol. The maximum absolute atomic E-state index is 2.31. The SMILES string of the molecule is Cc1ccc2pc3ccc(C)cc3cc2c1. The number of benzene rings is 2. The van der Waals surface area contributed by atoms with Crippen molar-refractivity contribution in [1.82, 2.24) is 0 Å². The van der Waals surface area contributed by atoms with Gasteiger partial charge in [-0.05, 0) is 42.8 Å². The third-order valence-electron chi connectivity index (χ3n) is 2.92. The molecule has 0 amide bonds. The van der Waals surface area contributed by atoms with Gasteiger partial charge in [0.25, 0.3) is 0 Å². The molecule has 0 spiro atoms. The third kappa shape index (κ3) is 1.60. The third-order valence-corrected chi connectivity index (χ3v) is 4.21. The summed E-state index contributed by atoms with van der Waals surface area (Å²) in [6.07, 6.45) is 0. The molecule has 1 aromatic heterocycles. The van der Waals surface area contributed by atoms with Crippen molar-refractivity contribution in [3.8, 4) is 0 Å². The van der Waals surface area contributed by atoms with Crippen molar-refractivity contribution in [2.45, 2.75) is 13.8 Å². The topological polar surface area (TPSA) is 0 Å². The molecular weight excluding hydrogens is 211 g/mol. The zero-order chi connectivity index (χ0) is 11.1. The van der Waals surface area contributed by atoms with E-state index in [4.69, 9.17) is 0 Å². The Kier molecular flexibility index (Phi) is 2.19. The Morgan fingerprint density at radius 1 is 0.688 bits per heavy atom. The van der Waals surface area contributed by atoms with E-state index in [1.807, 2.05) is 0 Å². The normalized spacial score (nSPS) is 11.1. The highest BCUT2D eigenvalue weighted by Gasteiger charge is 1.99. The molecule has 78 valence electrons. The second-order valence-corrected chi connectivity index (χ2v) is 5.57. The molecule has 3 rings (SSSR count). The molecule has 0 saturated heterocycles. The summed E-state index contributed by atoms with van der Waals surface area (Å²) < 4.78 is 0. The Bertz CT molecular complexity index is 626. The molecule has 0 bridgehead atoms. The van der Waals surface area contributed by atoms with Crippen LogP contribution in [0.15, 0.2) is 42.5 Å². The predicted octanol–water partition coefficient (Wildman–Crippen LogP) is 5.19. The minimum Gasteiger partial charge on any atom is -0.0592 e. The molecule has 0 aliphatic carbocycles. The van der Waals surface area contributed by atoms with Crippen molar-refractivity contribution < 1.29 is 0 Å². The second kappa shape index (κ2) is 3.57. The van der Waals surface area contributed by atoms with Gasteiger partial charge in [-0.2, -0.15) is 0 Å². The smallest absolute Gasteiger partial charge is 0.00965 e. The molecule has 0 atom stereocenters. The van der Waals surface area contributed by atoms with E-state index in [0.29, 0.717) is 0 Å². The van der Waals surface area contributed by atoms with E-state index in [1.165, 1.54) is 40.3 Å². The molecule has 0 unspecified atom stereocenters. The van der Waals surface area contributed by atoms with Crippen LogP contribution in [0.2, 0.25) is 0 Å². The summed E-state index contributed by atoms with van der Waals surface area (Å²) in [5.41, 5.74) is 2.67. The molecule has 1 heterocycles. The molecule has 0 radical (unpaired) electrons. The van der Waals surface area contributed by atoms with E-state index in [2.05, 4.69) is 56.3 Å². The van der Waals surface area contributed by atoms with Crippen molar-refractivity contribution in [3.63, 3.8) is 0 Å². The van der Waals surface area contributed by atoms with Crippen LogP contribution >= 0.6 is 8.19 Å². The molecule has 0 aliphatic heterocycles. The van der Waals surface area contributed by atoms with E-state index < -0.39 is 0 Å². The Hall–Kier alpha value is -1.39. The quantitative estimate of drug-likeness (QED) is 0.461. The lowest BCUT2D eigenvalue weighted by atomic mass is 10.1. The number of hydrogen-bond donors (Lipinski definition) is 0. The lowest BCUT2D eigenvalue weighted by Gasteiger charge is -2.03. The molecule has 1 heteroatoms. The molecule has 0 aliphatic rings. The van der Waals surface area contributed by atoms with Crippen LogP contribution in [0.1, 0.15) is 11.1 Å². The Morgan fingerprint density at radius 3 is 1.69 bits per heavy atom. The summed E-state index contributed by atoms with van der Waals surface area (Å²) in [7, 11) is 1.34. The van der Waals surface area contributed by atoms with Gasteiger partial charge in [0.15, 0.2) is 0 Å². The van der Waals surface area contributed by atoms with Crippen LogP contribution in [0.3, 0.4) is 0 Å². The zero-order valence-electron chi connectivity index (χ0n) is 9.49. The van der Waals surface area contributed by atoms with Gasteiger partial charge in [0.2, 0.25) is 0 Å². The van der Waals surface area contributed by atoms with Gasteiger partial charge in [-0.1, -0.05) is 43.6 Å². The van der Waals surface area contributed by atoms with Crippen LogP contribution in [0.25, 0.3) is 21.0 Å². The van der Waals surface area contributed by atoms with Crippen LogP contribution in [0.5, 0.6) is 0 Å². The molecule has 0 fully saturated rings. The van der Waals surface area contributed by atoms with Gasteiger partial charge in [0.05, 0.1) is 0 Å². The van der Waals surface area contributed by atoms with Crippen LogP contribution in [-0.4, -0.2) is 0 Å². The van der Waals surface area contributed by atoms with Gasteiger partial charge >= 0.3 is 0 Å². The maximum atomic E-state index is 2.31. The molecule has 2 aromatic carbocycles. The number of fused-ring (bicyclic) bond motifs is 2. The number of aryl methyl sites for hydroxylation is 2. The van der Waals surface area contributed by atoms with Gasteiger partial charge in [-0.3, -0.25) is 0 Å². The first kappa shape index (κ1) is 9.81. The summed E-state index contributed by atoms with van der Waals surface area (Å²) in [6.45, 7) is 4.30. The molecule has 16 heavy (non-hydrogen) atoms. The second-order valence-electron chi connectivity index (χ2n) is 4.38. The lowest BCUT2D eigenvalue weighted by Crippen LogP contribution is -1.76. The van der Waals surface area contributed by atoms with Gasteiger partial charge in [0, 0.05) is 10.2 Å². The predicted molar refractivity (Wildman–Crippen MR) is 73.4 cm³/mol. The lowest BCUT2D eigenvalue weighted by molar-refractivity contribution is 1.51. The summed E-state index contributed by atoms with van der Waals surface area (Å²) in [6, 6.07) is 15.7. The van der Waals surface area contributed by atoms with Crippen molar-refractivity contribution in [2.75, 3.05) is 0 Å². The average molecular weight is 224 g/mol. The van der Waals surface area contributed by atoms with Gasteiger partial charge in [-0.15, -0.1) is 0 Å². The zero-order valence-corrected chi connectivity index (χ0v) is 10.4. The fraction of sp³-hybridized carbons (Fsp3) is 0.133. The summed E-state index contributed by atoms with van der Waals surface area (Å²) in [5, 5.41) is 5.59.